The molecule has 5 heteroatoms. The average molecular weight is 356 g/mol. The zero-order chi connectivity index (χ0) is 18.2. The van der Waals surface area contributed by atoms with Crippen LogP contribution in [0.3, 0.4) is 0 Å². The number of carbonyl (C=O) groups excluding carboxylic acids is 1. The summed E-state index contributed by atoms with van der Waals surface area (Å²) in [5, 5.41) is 5.95. The van der Waals surface area contributed by atoms with Crippen LogP contribution in [0.1, 0.15) is 36.2 Å². The van der Waals surface area contributed by atoms with Gasteiger partial charge in [-0.25, -0.2) is 0 Å². The molecule has 0 aliphatic rings. The number of amides is 1. The van der Waals surface area contributed by atoms with Gasteiger partial charge in [0, 0.05) is 17.3 Å². The van der Waals surface area contributed by atoms with Gasteiger partial charge in [-0.05, 0) is 55.7 Å². The molecule has 0 saturated heterocycles. The van der Waals surface area contributed by atoms with E-state index in [2.05, 4.69) is 24.5 Å². The van der Waals surface area contributed by atoms with E-state index in [4.69, 9.17) is 17.0 Å². The monoisotopic (exact) mass is 356 g/mol. The predicted octanol–water partition coefficient (Wildman–Crippen LogP) is 4.55. The summed E-state index contributed by atoms with van der Waals surface area (Å²) in [5.74, 6) is 1.14. The lowest BCUT2D eigenvalue weighted by Gasteiger charge is -2.12. The molecule has 0 heterocycles. The molecular weight excluding hydrogens is 332 g/mol. The first-order valence-corrected chi connectivity index (χ1v) is 8.76. The number of hydrogen-bond acceptors (Lipinski definition) is 3. The lowest BCUT2D eigenvalue weighted by molar-refractivity contribution is 0.0977. The van der Waals surface area contributed by atoms with Crippen molar-refractivity contribution in [2.45, 2.75) is 27.2 Å². The van der Waals surface area contributed by atoms with Crippen molar-refractivity contribution in [2.24, 2.45) is 5.92 Å². The second-order valence-corrected chi connectivity index (χ2v) is 6.74. The molecule has 2 rings (SSSR count). The maximum atomic E-state index is 12.2. The van der Waals surface area contributed by atoms with Crippen LogP contribution in [0.5, 0.6) is 5.75 Å². The number of anilines is 1. The number of thiocarbonyl (C=S) groups is 1. The number of rotatable bonds is 6. The molecule has 0 bridgehead atoms. The molecule has 2 aromatic rings. The van der Waals surface area contributed by atoms with Crippen LogP contribution in [-0.2, 0) is 0 Å². The quantitative estimate of drug-likeness (QED) is 0.746. The van der Waals surface area contributed by atoms with E-state index in [-0.39, 0.29) is 11.0 Å². The molecule has 0 saturated carbocycles. The zero-order valence-electron chi connectivity index (χ0n) is 14.8. The maximum Gasteiger partial charge on any atom is 0.257 e. The first-order chi connectivity index (χ1) is 11.9. The van der Waals surface area contributed by atoms with Crippen molar-refractivity contribution in [3.05, 3.63) is 59.7 Å². The molecule has 0 aliphatic carbocycles. The number of ether oxygens (including phenoxy) is 1. The normalized spacial score (nSPS) is 10.4. The van der Waals surface area contributed by atoms with Crippen molar-refractivity contribution in [3.63, 3.8) is 0 Å². The molecule has 0 spiro atoms. The number of nitrogens with one attached hydrogen (secondary N) is 2. The summed E-state index contributed by atoms with van der Waals surface area (Å²) >= 11 is 5.22. The van der Waals surface area contributed by atoms with Gasteiger partial charge >= 0.3 is 0 Å². The lowest BCUT2D eigenvalue weighted by Crippen LogP contribution is -2.34. The SMILES string of the molecule is Cc1ccc(C(=O)NC(=S)Nc2cccc(OCCC(C)C)c2)cc1. The molecular formula is C20H24N2O2S. The summed E-state index contributed by atoms with van der Waals surface area (Å²) in [6, 6.07) is 14.9. The van der Waals surface area contributed by atoms with Crippen LogP contribution in [0.25, 0.3) is 0 Å². The van der Waals surface area contributed by atoms with Gasteiger partial charge in [0.05, 0.1) is 6.61 Å². The van der Waals surface area contributed by atoms with Gasteiger partial charge in [0.15, 0.2) is 5.11 Å². The fourth-order valence-electron chi connectivity index (χ4n) is 2.12. The largest absolute Gasteiger partial charge is 0.494 e. The van der Waals surface area contributed by atoms with Crippen molar-refractivity contribution in [2.75, 3.05) is 11.9 Å². The third kappa shape index (κ3) is 6.55. The van der Waals surface area contributed by atoms with E-state index in [1.807, 2.05) is 43.3 Å². The summed E-state index contributed by atoms with van der Waals surface area (Å²) < 4.78 is 5.73. The minimum Gasteiger partial charge on any atom is -0.494 e. The van der Waals surface area contributed by atoms with Crippen LogP contribution in [0.2, 0.25) is 0 Å². The first-order valence-electron chi connectivity index (χ1n) is 8.36. The topological polar surface area (TPSA) is 50.4 Å². The number of hydrogen-bond donors (Lipinski definition) is 2. The molecule has 1 amide bonds. The van der Waals surface area contributed by atoms with E-state index >= 15 is 0 Å². The van der Waals surface area contributed by atoms with Crippen molar-refractivity contribution in [3.8, 4) is 5.75 Å². The van der Waals surface area contributed by atoms with Crippen LogP contribution in [-0.4, -0.2) is 17.6 Å². The molecule has 0 aromatic heterocycles. The van der Waals surface area contributed by atoms with E-state index in [9.17, 15) is 4.79 Å². The fourth-order valence-corrected chi connectivity index (χ4v) is 2.33. The Balaban J connectivity index is 1.89. The van der Waals surface area contributed by atoms with Crippen molar-refractivity contribution < 1.29 is 9.53 Å². The summed E-state index contributed by atoms with van der Waals surface area (Å²) in [7, 11) is 0. The van der Waals surface area contributed by atoms with E-state index in [0.717, 1.165) is 23.4 Å². The van der Waals surface area contributed by atoms with Gasteiger partial charge in [-0.1, -0.05) is 37.6 Å². The van der Waals surface area contributed by atoms with Crippen molar-refractivity contribution >= 4 is 28.9 Å². The fraction of sp³-hybridized carbons (Fsp3) is 0.300. The first kappa shape index (κ1) is 18.9. The highest BCUT2D eigenvalue weighted by Gasteiger charge is 2.08. The van der Waals surface area contributed by atoms with Gasteiger partial charge in [0.2, 0.25) is 0 Å². The highest BCUT2D eigenvalue weighted by molar-refractivity contribution is 7.80. The Kier molecular flexibility index (Phi) is 6.95. The third-order valence-electron chi connectivity index (χ3n) is 3.60. The molecule has 0 aliphatic heterocycles. The summed E-state index contributed by atoms with van der Waals surface area (Å²) in [5.41, 5.74) is 2.45. The van der Waals surface area contributed by atoms with E-state index in [1.165, 1.54) is 0 Å². The minimum absolute atomic E-state index is 0.234. The summed E-state index contributed by atoms with van der Waals surface area (Å²) in [6.45, 7) is 6.98. The van der Waals surface area contributed by atoms with Crippen molar-refractivity contribution in [1.82, 2.24) is 5.32 Å². The third-order valence-corrected chi connectivity index (χ3v) is 3.80. The van der Waals surface area contributed by atoms with Gasteiger partial charge in [-0.2, -0.15) is 0 Å². The molecule has 0 unspecified atom stereocenters. The maximum absolute atomic E-state index is 12.2. The van der Waals surface area contributed by atoms with Crippen LogP contribution in [0.15, 0.2) is 48.5 Å². The Labute approximate surface area is 154 Å². The Hall–Kier alpha value is -2.40. The zero-order valence-corrected chi connectivity index (χ0v) is 15.7. The average Bonchev–Trinajstić information content (AvgIpc) is 2.55. The van der Waals surface area contributed by atoms with E-state index in [1.54, 1.807) is 12.1 Å². The van der Waals surface area contributed by atoms with Gasteiger partial charge in [-0.15, -0.1) is 0 Å². The Morgan fingerprint density at radius 1 is 1.16 bits per heavy atom. The van der Waals surface area contributed by atoms with Crippen LogP contribution < -0.4 is 15.4 Å². The van der Waals surface area contributed by atoms with Crippen molar-refractivity contribution in [1.29, 1.82) is 0 Å². The smallest absolute Gasteiger partial charge is 0.257 e. The molecule has 0 radical (unpaired) electrons. The second-order valence-electron chi connectivity index (χ2n) is 6.33. The van der Waals surface area contributed by atoms with Gasteiger partial charge in [0.25, 0.3) is 5.91 Å². The highest BCUT2D eigenvalue weighted by Crippen LogP contribution is 2.18. The van der Waals surface area contributed by atoms with Gasteiger partial charge < -0.3 is 10.1 Å². The van der Waals surface area contributed by atoms with Gasteiger partial charge in [0.1, 0.15) is 5.75 Å². The van der Waals surface area contributed by atoms with Crippen LogP contribution in [0, 0.1) is 12.8 Å². The molecule has 2 aromatic carbocycles. The minimum atomic E-state index is -0.234. The van der Waals surface area contributed by atoms with Crippen LogP contribution in [0.4, 0.5) is 5.69 Å². The Morgan fingerprint density at radius 2 is 1.88 bits per heavy atom. The lowest BCUT2D eigenvalue weighted by atomic mass is 10.1. The number of aryl methyl sites for hydroxylation is 1. The van der Waals surface area contributed by atoms with E-state index in [0.29, 0.717) is 18.1 Å². The highest BCUT2D eigenvalue weighted by atomic mass is 32.1. The summed E-state index contributed by atoms with van der Waals surface area (Å²) in [4.78, 5) is 12.2. The predicted molar refractivity (Wildman–Crippen MR) is 106 cm³/mol. The molecule has 132 valence electrons. The molecule has 25 heavy (non-hydrogen) atoms. The Bertz CT molecular complexity index is 727. The second kappa shape index (κ2) is 9.18. The number of benzene rings is 2. The molecule has 2 N–H and O–H groups in total. The summed E-state index contributed by atoms with van der Waals surface area (Å²) in [6.07, 6.45) is 1.00. The molecule has 4 nitrogen and oxygen atoms in total. The van der Waals surface area contributed by atoms with Crippen LogP contribution >= 0.6 is 12.2 Å². The molecule has 0 atom stereocenters. The standard InChI is InChI=1S/C20H24N2O2S/c1-14(2)11-12-24-18-6-4-5-17(13-18)21-20(25)22-19(23)16-9-7-15(3)8-10-16/h4-10,13-14H,11-12H2,1-3H3,(H2,21,22,23,25). The van der Waals surface area contributed by atoms with E-state index < -0.39 is 0 Å². The number of carbonyl (C=O) groups is 1. The molecule has 0 fully saturated rings. The Morgan fingerprint density at radius 3 is 2.56 bits per heavy atom. The van der Waals surface area contributed by atoms with Gasteiger partial charge in [-0.3, -0.25) is 10.1 Å².